The number of rotatable bonds is 5. The number of nitrogens with zero attached hydrogens (tertiary/aromatic N) is 1. The van der Waals surface area contributed by atoms with Gasteiger partial charge in [-0.05, 0) is 19.4 Å². The molecular formula is C9H18ClNO3S. The number of hydrogen-bond acceptors (Lipinski definition) is 4. The molecule has 0 spiro atoms. The zero-order chi connectivity index (χ0) is 11.3. The lowest BCUT2D eigenvalue weighted by molar-refractivity contribution is -0.00827. The molecular weight excluding hydrogens is 238 g/mol. The van der Waals surface area contributed by atoms with Crippen LogP contribution in [-0.2, 0) is 13.8 Å². The summed E-state index contributed by atoms with van der Waals surface area (Å²) >= 11 is 0. The maximum absolute atomic E-state index is 10.7. The number of hydrogen-bond donors (Lipinski definition) is 0. The van der Waals surface area contributed by atoms with E-state index in [1.165, 1.54) is 0 Å². The molecule has 0 bridgehead atoms. The zero-order valence-corrected chi connectivity index (χ0v) is 10.6. The van der Waals surface area contributed by atoms with E-state index in [1.54, 1.807) is 0 Å². The van der Waals surface area contributed by atoms with Gasteiger partial charge in [-0.1, -0.05) is 6.92 Å². The monoisotopic (exact) mass is 255 g/mol. The summed E-state index contributed by atoms with van der Waals surface area (Å²) in [6.45, 7) is 5.29. The van der Waals surface area contributed by atoms with Crippen LogP contribution in [0.2, 0.25) is 0 Å². The molecule has 1 rings (SSSR count). The maximum atomic E-state index is 10.7. The predicted molar refractivity (Wildman–Crippen MR) is 60.7 cm³/mol. The summed E-state index contributed by atoms with van der Waals surface area (Å²) in [4.78, 5) is 2.28. The van der Waals surface area contributed by atoms with Gasteiger partial charge in [0.25, 0.3) is 0 Å². The highest BCUT2D eigenvalue weighted by atomic mass is 35.7. The van der Waals surface area contributed by atoms with Gasteiger partial charge in [-0.2, -0.15) is 0 Å². The Balaban J connectivity index is 2.29. The third kappa shape index (κ3) is 5.15. The summed E-state index contributed by atoms with van der Waals surface area (Å²) in [5.74, 6) is 0.0579. The van der Waals surface area contributed by atoms with Crippen molar-refractivity contribution in [2.75, 3.05) is 32.1 Å². The first-order valence-electron chi connectivity index (χ1n) is 5.27. The molecule has 0 aliphatic carbocycles. The average Bonchev–Trinajstić information content (AvgIpc) is 2.16. The van der Waals surface area contributed by atoms with E-state index in [0.29, 0.717) is 12.5 Å². The van der Waals surface area contributed by atoms with Gasteiger partial charge in [0.1, 0.15) is 0 Å². The van der Waals surface area contributed by atoms with E-state index in [2.05, 4.69) is 11.8 Å². The van der Waals surface area contributed by atoms with Gasteiger partial charge >= 0.3 is 0 Å². The minimum absolute atomic E-state index is 0.0579. The third-order valence-corrected chi connectivity index (χ3v) is 3.89. The largest absolute Gasteiger partial charge is 0.378 e. The first-order chi connectivity index (χ1) is 7.03. The van der Waals surface area contributed by atoms with Crippen molar-refractivity contribution in [1.29, 1.82) is 0 Å². The summed E-state index contributed by atoms with van der Waals surface area (Å²) in [6, 6.07) is 0.428. The van der Waals surface area contributed by atoms with Gasteiger partial charge in [-0.15, -0.1) is 0 Å². The molecule has 1 unspecified atom stereocenters. The first-order valence-corrected chi connectivity index (χ1v) is 7.75. The standard InChI is InChI=1S/C9H18ClNO3S/c1-2-9-8-14-6-5-11(9)4-3-7-15(10,12)13/h9H,2-8H2,1H3. The SMILES string of the molecule is CCC1COCCN1CCCS(=O)(=O)Cl. The molecule has 1 aliphatic heterocycles. The Hall–Kier alpha value is 0.160. The second-order valence-electron chi connectivity index (χ2n) is 3.77. The summed E-state index contributed by atoms with van der Waals surface area (Å²) in [5.41, 5.74) is 0. The van der Waals surface area contributed by atoms with Crippen LogP contribution in [0.3, 0.4) is 0 Å². The van der Waals surface area contributed by atoms with Crippen LogP contribution < -0.4 is 0 Å². The van der Waals surface area contributed by atoms with Gasteiger partial charge < -0.3 is 4.74 Å². The van der Waals surface area contributed by atoms with Gasteiger partial charge in [0, 0.05) is 23.3 Å². The molecule has 1 atom stereocenters. The smallest absolute Gasteiger partial charge is 0.232 e. The van der Waals surface area contributed by atoms with Crippen LogP contribution in [0, 0.1) is 0 Å². The molecule has 4 nitrogen and oxygen atoms in total. The molecule has 0 aromatic heterocycles. The van der Waals surface area contributed by atoms with E-state index in [-0.39, 0.29) is 5.75 Å². The second kappa shape index (κ2) is 6.03. The third-order valence-electron chi connectivity index (χ3n) is 2.65. The van der Waals surface area contributed by atoms with Gasteiger partial charge in [-0.25, -0.2) is 8.42 Å². The van der Waals surface area contributed by atoms with Gasteiger partial charge in [0.15, 0.2) is 0 Å². The van der Waals surface area contributed by atoms with Crippen LogP contribution in [0.25, 0.3) is 0 Å². The van der Waals surface area contributed by atoms with Crippen molar-refractivity contribution in [2.45, 2.75) is 25.8 Å². The molecule has 0 aromatic carbocycles. The van der Waals surface area contributed by atoms with E-state index < -0.39 is 9.05 Å². The fourth-order valence-corrected chi connectivity index (χ4v) is 2.60. The molecule has 1 fully saturated rings. The topological polar surface area (TPSA) is 46.6 Å². The highest BCUT2D eigenvalue weighted by Gasteiger charge is 2.21. The molecule has 0 radical (unpaired) electrons. The van der Waals surface area contributed by atoms with E-state index in [0.717, 1.165) is 32.7 Å². The Morgan fingerprint density at radius 2 is 2.27 bits per heavy atom. The Morgan fingerprint density at radius 3 is 2.87 bits per heavy atom. The van der Waals surface area contributed by atoms with Crippen molar-refractivity contribution in [2.24, 2.45) is 0 Å². The number of halogens is 1. The normalized spacial score (nSPS) is 24.3. The molecule has 90 valence electrons. The van der Waals surface area contributed by atoms with Crippen molar-refractivity contribution >= 4 is 19.7 Å². The van der Waals surface area contributed by atoms with Crippen molar-refractivity contribution in [3.8, 4) is 0 Å². The molecule has 1 aliphatic rings. The molecule has 0 N–H and O–H groups in total. The molecule has 0 amide bonds. The van der Waals surface area contributed by atoms with Crippen molar-refractivity contribution < 1.29 is 13.2 Å². The molecule has 6 heteroatoms. The molecule has 15 heavy (non-hydrogen) atoms. The van der Waals surface area contributed by atoms with Crippen molar-refractivity contribution in [3.63, 3.8) is 0 Å². The molecule has 0 saturated carbocycles. The molecule has 1 saturated heterocycles. The van der Waals surface area contributed by atoms with Gasteiger partial charge in [0.05, 0.1) is 19.0 Å². The van der Waals surface area contributed by atoms with Gasteiger partial charge in [-0.3, -0.25) is 4.90 Å². The average molecular weight is 256 g/mol. The Kier molecular flexibility index (Phi) is 5.32. The van der Waals surface area contributed by atoms with E-state index >= 15 is 0 Å². The minimum Gasteiger partial charge on any atom is -0.378 e. The second-order valence-corrected chi connectivity index (χ2v) is 6.67. The lowest BCUT2D eigenvalue weighted by atomic mass is 10.1. The molecule has 1 heterocycles. The highest BCUT2D eigenvalue weighted by molar-refractivity contribution is 8.13. The zero-order valence-electron chi connectivity index (χ0n) is 8.99. The van der Waals surface area contributed by atoms with Crippen molar-refractivity contribution in [3.05, 3.63) is 0 Å². The summed E-state index contributed by atoms with van der Waals surface area (Å²) in [6.07, 6.45) is 1.63. The summed E-state index contributed by atoms with van der Waals surface area (Å²) < 4.78 is 26.9. The minimum atomic E-state index is -3.33. The maximum Gasteiger partial charge on any atom is 0.232 e. The fraction of sp³-hybridized carbons (Fsp3) is 1.00. The fourth-order valence-electron chi connectivity index (χ4n) is 1.80. The first kappa shape index (κ1) is 13.2. The van der Waals surface area contributed by atoms with Crippen LogP contribution >= 0.6 is 10.7 Å². The van der Waals surface area contributed by atoms with Gasteiger partial charge in [0.2, 0.25) is 9.05 Å². The number of ether oxygens (including phenoxy) is 1. The van der Waals surface area contributed by atoms with Crippen LogP contribution in [0.4, 0.5) is 0 Å². The molecule has 0 aromatic rings. The van der Waals surface area contributed by atoms with Crippen LogP contribution in [0.15, 0.2) is 0 Å². The Morgan fingerprint density at radius 1 is 1.53 bits per heavy atom. The van der Waals surface area contributed by atoms with Crippen molar-refractivity contribution in [1.82, 2.24) is 4.90 Å². The number of morpholine rings is 1. The predicted octanol–water partition coefficient (Wildman–Crippen LogP) is 1.06. The summed E-state index contributed by atoms with van der Waals surface area (Å²) in [5, 5.41) is 0. The lowest BCUT2D eigenvalue weighted by Crippen LogP contribution is -2.45. The van der Waals surface area contributed by atoms with E-state index in [9.17, 15) is 8.42 Å². The van der Waals surface area contributed by atoms with E-state index in [1.807, 2.05) is 0 Å². The lowest BCUT2D eigenvalue weighted by Gasteiger charge is -2.34. The Bertz CT molecular complexity index is 281. The highest BCUT2D eigenvalue weighted by Crippen LogP contribution is 2.11. The Labute approximate surface area is 96.0 Å². The van der Waals surface area contributed by atoms with Crippen LogP contribution in [0.1, 0.15) is 19.8 Å². The van der Waals surface area contributed by atoms with E-state index in [4.69, 9.17) is 15.4 Å². The summed E-state index contributed by atoms with van der Waals surface area (Å²) in [7, 11) is 1.82. The quantitative estimate of drug-likeness (QED) is 0.689. The van der Waals surface area contributed by atoms with Crippen LogP contribution in [-0.4, -0.2) is 51.4 Å². The van der Waals surface area contributed by atoms with Crippen LogP contribution in [0.5, 0.6) is 0 Å².